The van der Waals surface area contributed by atoms with Crippen LogP contribution >= 0.6 is 11.6 Å². The van der Waals surface area contributed by atoms with E-state index in [1.807, 2.05) is 79.8 Å². The molecule has 1 amide bonds. The number of aryl methyl sites for hydroxylation is 1. The number of fused-ring (bicyclic) bond motifs is 2. The largest absolute Gasteiger partial charge is 0.353 e. The number of H-pyrrole nitrogens is 1. The third kappa shape index (κ3) is 4.35. The van der Waals surface area contributed by atoms with Gasteiger partial charge in [0.25, 0.3) is 0 Å². The molecule has 0 bridgehead atoms. The number of pyridine rings is 1. The Morgan fingerprint density at radius 2 is 1.76 bits per heavy atom. The molecule has 1 N–H and O–H groups in total. The second-order valence-corrected chi connectivity index (χ2v) is 8.64. The summed E-state index contributed by atoms with van der Waals surface area (Å²) in [5, 5.41) is 2.88. The number of carbonyl (C=O) groups is 1. The summed E-state index contributed by atoms with van der Waals surface area (Å²) in [6.45, 7) is 0. The van der Waals surface area contributed by atoms with Crippen LogP contribution in [0.25, 0.3) is 33.2 Å². The van der Waals surface area contributed by atoms with Crippen molar-refractivity contribution >= 4 is 45.0 Å². The molecule has 0 fully saturated rings. The van der Waals surface area contributed by atoms with Crippen LogP contribution in [0.3, 0.4) is 0 Å². The summed E-state index contributed by atoms with van der Waals surface area (Å²) in [5.41, 5.74) is 5.91. The fourth-order valence-corrected chi connectivity index (χ4v) is 4.46. The van der Waals surface area contributed by atoms with E-state index in [0.29, 0.717) is 11.4 Å². The van der Waals surface area contributed by atoms with Crippen LogP contribution in [0.2, 0.25) is 5.02 Å². The monoisotopic (exact) mass is 453 g/mol. The van der Waals surface area contributed by atoms with Crippen molar-refractivity contribution in [1.82, 2.24) is 9.97 Å². The van der Waals surface area contributed by atoms with Crippen molar-refractivity contribution in [3.8, 4) is 11.4 Å². The fourth-order valence-electron chi connectivity index (χ4n) is 4.28. The molecule has 2 heterocycles. The Bertz CT molecular complexity index is 1440. The van der Waals surface area contributed by atoms with E-state index < -0.39 is 0 Å². The molecule has 4 nitrogen and oxygen atoms in total. The van der Waals surface area contributed by atoms with Gasteiger partial charge in [-0.05, 0) is 60.9 Å². The van der Waals surface area contributed by atoms with E-state index in [1.165, 1.54) is 0 Å². The van der Waals surface area contributed by atoms with Crippen molar-refractivity contribution in [2.75, 3.05) is 11.9 Å². The summed E-state index contributed by atoms with van der Waals surface area (Å²) in [5.74, 6) is 0.101. The maximum atomic E-state index is 12.8. The highest BCUT2D eigenvalue weighted by molar-refractivity contribution is 6.31. The van der Waals surface area contributed by atoms with Gasteiger partial charge in [-0.2, -0.15) is 0 Å². The third-order valence-electron chi connectivity index (χ3n) is 6.06. The number of hydrogen-bond donors (Lipinski definition) is 1. The molecule has 0 aliphatic rings. The number of anilines is 1. The highest BCUT2D eigenvalue weighted by Gasteiger charge is 2.17. The predicted molar refractivity (Wildman–Crippen MR) is 137 cm³/mol. The average Bonchev–Trinajstić information content (AvgIpc) is 3.21. The number of amides is 1. The molecule has 0 aliphatic carbocycles. The van der Waals surface area contributed by atoms with Gasteiger partial charge < -0.3 is 9.88 Å². The van der Waals surface area contributed by atoms with Crippen LogP contribution in [0.5, 0.6) is 0 Å². The number of carbonyl (C=O) groups excluding carboxylic acids is 1. The van der Waals surface area contributed by atoms with Crippen LogP contribution in [0.1, 0.15) is 18.4 Å². The Labute approximate surface area is 197 Å². The Morgan fingerprint density at radius 3 is 2.61 bits per heavy atom. The number of para-hydroxylation sites is 2. The number of halogens is 1. The summed E-state index contributed by atoms with van der Waals surface area (Å²) >= 11 is 6.33. The Hall–Kier alpha value is -3.63. The topological polar surface area (TPSA) is 49.0 Å². The molecule has 0 atom stereocenters. The minimum absolute atomic E-state index is 0.101. The molecule has 0 saturated heterocycles. The number of aromatic amines is 1. The van der Waals surface area contributed by atoms with Crippen LogP contribution in [0.15, 0.2) is 84.9 Å². The van der Waals surface area contributed by atoms with E-state index in [0.717, 1.165) is 57.3 Å². The van der Waals surface area contributed by atoms with Gasteiger partial charge in [-0.25, -0.2) is 4.98 Å². The predicted octanol–water partition coefficient (Wildman–Crippen LogP) is 7.02. The zero-order chi connectivity index (χ0) is 22.8. The van der Waals surface area contributed by atoms with Gasteiger partial charge in [-0.1, -0.05) is 54.1 Å². The van der Waals surface area contributed by atoms with Crippen LogP contribution in [0, 0.1) is 0 Å². The van der Waals surface area contributed by atoms with Crippen LogP contribution in [0.4, 0.5) is 5.69 Å². The molecule has 0 radical (unpaired) electrons. The lowest BCUT2D eigenvalue weighted by atomic mass is 10.0. The van der Waals surface area contributed by atoms with Crippen LogP contribution < -0.4 is 4.90 Å². The lowest BCUT2D eigenvalue weighted by Crippen LogP contribution is -2.25. The number of rotatable bonds is 6. The molecule has 3 aromatic carbocycles. The molecule has 5 heteroatoms. The first-order valence-corrected chi connectivity index (χ1v) is 11.5. The van der Waals surface area contributed by atoms with Crippen molar-refractivity contribution in [3.63, 3.8) is 0 Å². The highest BCUT2D eigenvalue weighted by atomic mass is 35.5. The molecule has 0 aliphatic heterocycles. The highest BCUT2D eigenvalue weighted by Crippen LogP contribution is 2.33. The number of hydrogen-bond acceptors (Lipinski definition) is 2. The van der Waals surface area contributed by atoms with Gasteiger partial charge in [0, 0.05) is 40.5 Å². The summed E-state index contributed by atoms with van der Waals surface area (Å²) in [7, 11) is 1.83. The van der Waals surface area contributed by atoms with Gasteiger partial charge in [0.1, 0.15) is 0 Å². The van der Waals surface area contributed by atoms with Crippen LogP contribution in [-0.4, -0.2) is 22.9 Å². The minimum atomic E-state index is 0.101. The average molecular weight is 454 g/mol. The third-order valence-corrected chi connectivity index (χ3v) is 6.29. The maximum Gasteiger partial charge on any atom is 0.226 e. The standard InChI is InChI=1S/C28H24ClN3O/c1-32(21-9-3-2-4-10-21)27(33)13-7-11-22-23-18-20(29)15-17-25(23)31-28(22)26-16-14-19-8-5-6-12-24(19)30-26/h2-6,8-10,12,14-18,31H,7,11,13H2,1H3. The number of benzene rings is 3. The maximum absolute atomic E-state index is 12.8. The van der Waals surface area contributed by atoms with E-state index in [9.17, 15) is 4.79 Å². The van der Waals surface area contributed by atoms with Crippen molar-refractivity contribution < 1.29 is 4.79 Å². The second kappa shape index (κ2) is 9.08. The van der Waals surface area contributed by atoms with Crippen LogP contribution in [-0.2, 0) is 11.2 Å². The van der Waals surface area contributed by atoms with E-state index in [-0.39, 0.29) is 5.91 Å². The van der Waals surface area contributed by atoms with Gasteiger partial charge in [-0.3, -0.25) is 4.79 Å². The molecule has 0 spiro atoms. The molecule has 33 heavy (non-hydrogen) atoms. The summed E-state index contributed by atoms with van der Waals surface area (Å²) in [6, 6.07) is 27.9. The van der Waals surface area contributed by atoms with Gasteiger partial charge in [0.2, 0.25) is 5.91 Å². The van der Waals surface area contributed by atoms with Gasteiger partial charge in [-0.15, -0.1) is 0 Å². The molecule has 5 aromatic rings. The van der Waals surface area contributed by atoms with E-state index >= 15 is 0 Å². The first-order valence-electron chi connectivity index (χ1n) is 11.1. The number of aromatic nitrogens is 2. The second-order valence-electron chi connectivity index (χ2n) is 8.20. The van der Waals surface area contributed by atoms with E-state index in [2.05, 4.69) is 17.1 Å². The SMILES string of the molecule is CN(C(=O)CCCc1c(-c2ccc3ccccc3n2)[nH]c2ccc(Cl)cc12)c1ccccc1. The Kier molecular flexibility index (Phi) is 5.84. The van der Waals surface area contributed by atoms with Gasteiger partial charge in [0.15, 0.2) is 0 Å². The molecular weight excluding hydrogens is 430 g/mol. The lowest BCUT2D eigenvalue weighted by Gasteiger charge is -2.17. The molecule has 0 saturated carbocycles. The van der Waals surface area contributed by atoms with Gasteiger partial charge >= 0.3 is 0 Å². The Morgan fingerprint density at radius 1 is 0.970 bits per heavy atom. The van der Waals surface area contributed by atoms with E-state index in [4.69, 9.17) is 16.6 Å². The van der Waals surface area contributed by atoms with Gasteiger partial charge in [0.05, 0.1) is 16.9 Å². The summed E-state index contributed by atoms with van der Waals surface area (Å²) in [6.07, 6.45) is 1.94. The molecule has 164 valence electrons. The van der Waals surface area contributed by atoms with Crippen molar-refractivity contribution in [1.29, 1.82) is 0 Å². The minimum Gasteiger partial charge on any atom is -0.353 e. The smallest absolute Gasteiger partial charge is 0.226 e. The lowest BCUT2D eigenvalue weighted by molar-refractivity contribution is -0.118. The zero-order valence-corrected chi connectivity index (χ0v) is 19.1. The molecule has 0 unspecified atom stereocenters. The van der Waals surface area contributed by atoms with Crippen molar-refractivity contribution in [2.24, 2.45) is 0 Å². The van der Waals surface area contributed by atoms with Crippen molar-refractivity contribution in [2.45, 2.75) is 19.3 Å². The number of nitrogens with one attached hydrogen (secondary N) is 1. The first-order chi connectivity index (χ1) is 16.1. The molecule has 2 aromatic heterocycles. The summed E-state index contributed by atoms with van der Waals surface area (Å²) in [4.78, 5) is 22.9. The first kappa shape index (κ1) is 21.2. The molecular formula is C28H24ClN3O. The summed E-state index contributed by atoms with van der Waals surface area (Å²) < 4.78 is 0. The molecule has 5 rings (SSSR count). The number of nitrogens with zero attached hydrogens (tertiary/aromatic N) is 2. The van der Waals surface area contributed by atoms with E-state index in [1.54, 1.807) is 4.90 Å². The normalized spacial score (nSPS) is 11.2. The quantitative estimate of drug-likeness (QED) is 0.300. The Balaban J connectivity index is 1.44. The zero-order valence-electron chi connectivity index (χ0n) is 18.4. The van der Waals surface area contributed by atoms with Crippen molar-refractivity contribution in [3.05, 3.63) is 95.5 Å². The fraction of sp³-hybridized carbons (Fsp3) is 0.143.